The summed E-state index contributed by atoms with van der Waals surface area (Å²) in [6.07, 6.45) is -0.857. The number of carbonyl (C=O) groups is 1. The van der Waals surface area contributed by atoms with Crippen LogP contribution in [0.5, 0.6) is 0 Å². The molecule has 0 aliphatic rings. The summed E-state index contributed by atoms with van der Waals surface area (Å²) in [5.41, 5.74) is 4.98. The van der Waals surface area contributed by atoms with E-state index in [-0.39, 0.29) is 5.92 Å². The minimum Gasteiger partial charge on any atom is -0.459 e. The first-order valence-electron chi connectivity index (χ1n) is 4.81. The Morgan fingerprint density at radius 2 is 1.79 bits per heavy atom. The molecule has 0 radical (unpaired) electrons. The zero-order chi connectivity index (χ0) is 11.5. The van der Waals surface area contributed by atoms with Crippen molar-refractivity contribution >= 4 is 5.97 Å². The predicted molar refractivity (Wildman–Crippen MR) is 54.7 cm³/mol. The zero-order valence-electron chi connectivity index (χ0n) is 9.57. The lowest BCUT2D eigenvalue weighted by Gasteiger charge is -2.25. The molecular formula is C10H21NO3. The molecule has 0 aromatic carbocycles. The Kier molecular flexibility index (Phi) is 4.55. The van der Waals surface area contributed by atoms with Gasteiger partial charge in [-0.25, -0.2) is 0 Å². The van der Waals surface area contributed by atoms with Gasteiger partial charge in [-0.1, -0.05) is 13.8 Å². The molecule has 4 heteroatoms. The summed E-state index contributed by atoms with van der Waals surface area (Å²) in [5.74, 6) is -0.615. The highest BCUT2D eigenvalue weighted by molar-refractivity contribution is 5.76. The average Bonchev–Trinajstić information content (AvgIpc) is 1.98. The Hall–Kier alpha value is -0.610. The molecule has 0 aromatic rings. The molecule has 0 fully saturated rings. The van der Waals surface area contributed by atoms with E-state index in [1.165, 1.54) is 0 Å². The van der Waals surface area contributed by atoms with Gasteiger partial charge in [-0.3, -0.25) is 4.79 Å². The second-order valence-corrected chi connectivity index (χ2v) is 4.79. The highest BCUT2D eigenvalue weighted by Gasteiger charge is 2.29. The van der Waals surface area contributed by atoms with Gasteiger partial charge in [0.25, 0.3) is 0 Å². The summed E-state index contributed by atoms with van der Waals surface area (Å²) in [6.45, 7) is 8.89. The number of aliphatic hydroxyl groups excluding tert-OH is 1. The van der Waals surface area contributed by atoms with E-state index in [0.717, 1.165) is 0 Å². The highest BCUT2D eigenvalue weighted by atomic mass is 16.6. The number of carbonyl (C=O) groups excluding carboxylic acids is 1. The summed E-state index contributed by atoms with van der Waals surface area (Å²) in [5, 5.41) is 9.54. The first-order chi connectivity index (χ1) is 6.15. The molecule has 2 atom stereocenters. The maximum absolute atomic E-state index is 11.4. The van der Waals surface area contributed by atoms with Gasteiger partial charge in [-0.05, 0) is 26.7 Å². The van der Waals surface area contributed by atoms with Crippen LogP contribution >= 0.6 is 0 Å². The van der Waals surface area contributed by atoms with Gasteiger partial charge in [0.05, 0.1) is 6.10 Å². The Balaban J connectivity index is 4.26. The molecule has 0 aliphatic carbocycles. The number of rotatable bonds is 3. The molecule has 0 heterocycles. The predicted octanol–water partition coefficient (Wildman–Crippen LogP) is 0.672. The van der Waals surface area contributed by atoms with Crippen molar-refractivity contribution < 1.29 is 14.6 Å². The lowest BCUT2D eigenvalue weighted by atomic mass is 10.0. The van der Waals surface area contributed by atoms with Crippen molar-refractivity contribution in [2.45, 2.75) is 52.4 Å². The fourth-order valence-corrected chi connectivity index (χ4v) is 0.924. The van der Waals surface area contributed by atoms with Crippen molar-refractivity contribution in [3.05, 3.63) is 0 Å². The first kappa shape index (κ1) is 13.4. The molecule has 0 saturated carbocycles. The number of ether oxygens (including phenoxy) is 1. The van der Waals surface area contributed by atoms with E-state index in [0.29, 0.717) is 0 Å². The Morgan fingerprint density at radius 3 is 2.07 bits per heavy atom. The van der Waals surface area contributed by atoms with Gasteiger partial charge < -0.3 is 15.6 Å². The Morgan fingerprint density at radius 1 is 1.36 bits per heavy atom. The van der Waals surface area contributed by atoms with Crippen LogP contribution in [0.1, 0.15) is 34.6 Å². The minimum absolute atomic E-state index is 0.0579. The van der Waals surface area contributed by atoms with E-state index < -0.39 is 23.7 Å². The summed E-state index contributed by atoms with van der Waals surface area (Å²) in [4.78, 5) is 11.4. The molecule has 0 saturated heterocycles. The molecule has 0 bridgehead atoms. The number of esters is 1. The van der Waals surface area contributed by atoms with Crippen LogP contribution in [0, 0.1) is 5.92 Å². The molecule has 84 valence electrons. The number of hydrogen-bond donors (Lipinski definition) is 2. The van der Waals surface area contributed by atoms with E-state index in [4.69, 9.17) is 10.5 Å². The van der Waals surface area contributed by atoms with Gasteiger partial charge in [0.15, 0.2) is 0 Å². The second-order valence-electron chi connectivity index (χ2n) is 4.79. The molecule has 3 N–H and O–H groups in total. The topological polar surface area (TPSA) is 72.5 Å². The van der Waals surface area contributed by atoms with Crippen molar-refractivity contribution in [1.29, 1.82) is 0 Å². The van der Waals surface area contributed by atoms with E-state index >= 15 is 0 Å². The van der Waals surface area contributed by atoms with E-state index in [1.54, 1.807) is 34.6 Å². The van der Waals surface area contributed by atoms with Crippen molar-refractivity contribution in [2.75, 3.05) is 0 Å². The van der Waals surface area contributed by atoms with Gasteiger partial charge >= 0.3 is 5.97 Å². The smallest absolute Gasteiger partial charge is 0.326 e. The summed E-state index contributed by atoms with van der Waals surface area (Å²) >= 11 is 0. The maximum Gasteiger partial charge on any atom is 0.326 e. The van der Waals surface area contributed by atoms with Crippen molar-refractivity contribution in [2.24, 2.45) is 11.7 Å². The molecule has 0 rings (SSSR count). The van der Waals surface area contributed by atoms with Crippen LogP contribution in [0.2, 0.25) is 0 Å². The Bertz CT molecular complexity index is 196. The van der Waals surface area contributed by atoms with Crippen molar-refractivity contribution in [3.63, 3.8) is 0 Å². The zero-order valence-corrected chi connectivity index (χ0v) is 9.57. The first-order valence-corrected chi connectivity index (χ1v) is 4.81. The molecule has 0 spiro atoms. The minimum atomic E-state index is -0.964. The van der Waals surface area contributed by atoms with Crippen LogP contribution in [0.15, 0.2) is 0 Å². The maximum atomic E-state index is 11.4. The monoisotopic (exact) mass is 203 g/mol. The van der Waals surface area contributed by atoms with Crippen LogP contribution in [0.3, 0.4) is 0 Å². The average molecular weight is 203 g/mol. The van der Waals surface area contributed by atoms with Crippen LogP contribution in [-0.2, 0) is 9.53 Å². The van der Waals surface area contributed by atoms with Crippen LogP contribution in [0.4, 0.5) is 0 Å². The lowest BCUT2D eigenvalue weighted by molar-refractivity contribution is -0.160. The number of aliphatic hydroxyl groups is 1. The van der Waals surface area contributed by atoms with E-state index in [2.05, 4.69) is 0 Å². The second kappa shape index (κ2) is 4.75. The quantitative estimate of drug-likeness (QED) is 0.661. The summed E-state index contributed by atoms with van der Waals surface area (Å²) in [7, 11) is 0. The van der Waals surface area contributed by atoms with E-state index in [9.17, 15) is 9.90 Å². The van der Waals surface area contributed by atoms with Gasteiger partial charge in [-0.15, -0.1) is 0 Å². The third-order valence-electron chi connectivity index (χ3n) is 1.73. The standard InChI is InChI=1S/C10H21NO3/c1-6(2)8(12)7(11)9(13)14-10(3,4)5/h6-8,12H,11H2,1-5H3/t7-,8+/m0/s1. The largest absolute Gasteiger partial charge is 0.459 e. The van der Waals surface area contributed by atoms with Gasteiger partial charge in [0.2, 0.25) is 0 Å². The van der Waals surface area contributed by atoms with Gasteiger partial charge in [-0.2, -0.15) is 0 Å². The lowest BCUT2D eigenvalue weighted by Crippen LogP contribution is -2.47. The van der Waals surface area contributed by atoms with Crippen LogP contribution in [-0.4, -0.2) is 28.8 Å². The van der Waals surface area contributed by atoms with Crippen LogP contribution in [0.25, 0.3) is 0 Å². The van der Waals surface area contributed by atoms with E-state index in [1.807, 2.05) is 0 Å². The third-order valence-corrected chi connectivity index (χ3v) is 1.73. The number of nitrogens with two attached hydrogens (primary N) is 1. The molecular weight excluding hydrogens is 182 g/mol. The van der Waals surface area contributed by atoms with Crippen molar-refractivity contribution in [1.82, 2.24) is 0 Å². The molecule has 0 aliphatic heterocycles. The summed E-state index contributed by atoms with van der Waals surface area (Å²) < 4.78 is 5.05. The number of hydrogen-bond acceptors (Lipinski definition) is 4. The molecule has 0 unspecified atom stereocenters. The van der Waals surface area contributed by atoms with Gasteiger partial charge in [0.1, 0.15) is 11.6 Å². The highest BCUT2D eigenvalue weighted by Crippen LogP contribution is 2.11. The summed E-state index contributed by atoms with van der Waals surface area (Å²) in [6, 6.07) is -0.964. The van der Waals surface area contributed by atoms with Crippen LogP contribution < -0.4 is 5.73 Å². The van der Waals surface area contributed by atoms with Crippen molar-refractivity contribution in [3.8, 4) is 0 Å². The molecule has 4 nitrogen and oxygen atoms in total. The SMILES string of the molecule is CC(C)[C@@H](O)[C@H](N)C(=O)OC(C)(C)C. The molecule has 14 heavy (non-hydrogen) atoms. The molecule has 0 amide bonds. The normalized spacial score (nSPS) is 16.6. The fraction of sp³-hybridized carbons (Fsp3) is 0.900. The molecule has 0 aromatic heterocycles. The fourth-order valence-electron chi connectivity index (χ4n) is 0.924. The van der Waals surface area contributed by atoms with Gasteiger partial charge in [0, 0.05) is 0 Å². The Labute approximate surface area is 85.4 Å². The third kappa shape index (κ3) is 4.58.